The van der Waals surface area contributed by atoms with Gasteiger partial charge in [0.25, 0.3) is 0 Å². The molecular formula is C20H31N3O. The first-order valence-electron chi connectivity index (χ1n) is 9.31. The lowest BCUT2D eigenvalue weighted by Gasteiger charge is -2.42. The van der Waals surface area contributed by atoms with Crippen LogP contribution in [0.3, 0.4) is 0 Å². The number of carbonyl (C=O) groups is 1. The van der Waals surface area contributed by atoms with Gasteiger partial charge in [0.05, 0.1) is 0 Å². The summed E-state index contributed by atoms with van der Waals surface area (Å²) in [6.07, 6.45) is 5.04. The van der Waals surface area contributed by atoms with Crippen molar-refractivity contribution in [2.75, 3.05) is 13.1 Å². The third-order valence-corrected chi connectivity index (χ3v) is 5.77. The van der Waals surface area contributed by atoms with Crippen molar-refractivity contribution in [2.45, 2.75) is 64.1 Å². The van der Waals surface area contributed by atoms with E-state index in [1.165, 1.54) is 11.1 Å². The lowest BCUT2D eigenvalue weighted by atomic mass is 9.85. The Hall–Kier alpha value is -1.39. The third-order valence-electron chi connectivity index (χ3n) is 5.77. The van der Waals surface area contributed by atoms with Crippen LogP contribution in [-0.2, 0) is 17.8 Å². The zero-order valence-electron chi connectivity index (χ0n) is 15.1. The Morgan fingerprint density at radius 1 is 1.29 bits per heavy atom. The Morgan fingerprint density at radius 2 is 2.04 bits per heavy atom. The largest absolute Gasteiger partial charge is 0.354 e. The SMILES string of the molecule is CC(C)(CNC(=O)C1CCCC(N)C1)N1CCc2ccccc2C1. The van der Waals surface area contributed by atoms with Crippen LogP contribution in [0.2, 0.25) is 0 Å². The van der Waals surface area contributed by atoms with E-state index in [0.717, 1.165) is 45.2 Å². The minimum absolute atomic E-state index is 0.0417. The maximum absolute atomic E-state index is 12.5. The first-order chi connectivity index (χ1) is 11.5. The second kappa shape index (κ2) is 7.24. The molecule has 2 atom stereocenters. The van der Waals surface area contributed by atoms with E-state index in [9.17, 15) is 4.79 Å². The number of nitrogens with one attached hydrogen (secondary N) is 1. The van der Waals surface area contributed by atoms with Gasteiger partial charge in [-0.05, 0) is 50.7 Å². The number of amides is 1. The highest BCUT2D eigenvalue weighted by Gasteiger charge is 2.31. The third kappa shape index (κ3) is 3.98. The predicted molar refractivity (Wildman–Crippen MR) is 97.6 cm³/mol. The summed E-state index contributed by atoms with van der Waals surface area (Å²) < 4.78 is 0. The number of hydrogen-bond donors (Lipinski definition) is 2. The average Bonchev–Trinajstić information content (AvgIpc) is 2.59. The fraction of sp³-hybridized carbons (Fsp3) is 0.650. The number of nitrogens with zero attached hydrogens (tertiary/aromatic N) is 1. The van der Waals surface area contributed by atoms with E-state index in [1.807, 2.05) is 0 Å². The van der Waals surface area contributed by atoms with Crippen LogP contribution in [-0.4, -0.2) is 35.5 Å². The highest BCUT2D eigenvalue weighted by atomic mass is 16.1. The van der Waals surface area contributed by atoms with Gasteiger partial charge in [-0.15, -0.1) is 0 Å². The van der Waals surface area contributed by atoms with Crippen LogP contribution >= 0.6 is 0 Å². The molecule has 1 heterocycles. The van der Waals surface area contributed by atoms with Crippen molar-refractivity contribution < 1.29 is 4.79 Å². The lowest BCUT2D eigenvalue weighted by Crippen LogP contribution is -2.54. The zero-order chi connectivity index (χ0) is 17.2. The van der Waals surface area contributed by atoms with Crippen molar-refractivity contribution in [3.63, 3.8) is 0 Å². The highest BCUT2D eigenvalue weighted by molar-refractivity contribution is 5.78. The molecule has 4 nitrogen and oxygen atoms in total. The Morgan fingerprint density at radius 3 is 2.79 bits per heavy atom. The van der Waals surface area contributed by atoms with E-state index >= 15 is 0 Å². The molecule has 1 aliphatic carbocycles. The smallest absolute Gasteiger partial charge is 0.223 e. The summed E-state index contributed by atoms with van der Waals surface area (Å²) in [5.74, 6) is 0.294. The van der Waals surface area contributed by atoms with Crippen LogP contribution in [0.5, 0.6) is 0 Å². The fourth-order valence-corrected chi connectivity index (χ4v) is 4.04. The molecule has 2 aliphatic rings. The van der Waals surface area contributed by atoms with Crippen LogP contribution in [0.15, 0.2) is 24.3 Å². The van der Waals surface area contributed by atoms with Crippen LogP contribution in [0.25, 0.3) is 0 Å². The van der Waals surface area contributed by atoms with E-state index < -0.39 is 0 Å². The van der Waals surface area contributed by atoms with Crippen LogP contribution in [0.4, 0.5) is 0 Å². The molecule has 2 unspecified atom stereocenters. The molecule has 0 saturated heterocycles. The topological polar surface area (TPSA) is 58.4 Å². The Labute approximate surface area is 145 Å². The van der Waals surface area contributed by atoms with Gasteiger partial charge in [0.2, 0.25) is 5.91 Å². The monoisotopic (exact) mass is 329 g/mol. The Kier molecular flexibility index (Phi) is 5.26. The van der Waals surface area contributed by atoms with E-state index in [-0.39, 0.29) is 23.4 Å². The van der Waals surface area contributed by atoms with E-state index in [2.05, 4.69) is 48.3 Å². The minimum Gasteiger partial charge on any atom is -0.354 e. The second-order valence-electron chi connectivity index (χ2n) is 8.09. The molecular weight excluding hydrogens is 298 g/mol. The van der Waals surface area contributed by atoms with Gasteiger partial charge in [-0.3, -0.25) is 9.69 Å². The summed E-state index contributed by atoms with van der Waals surface area (Å²) >= 11 is 0. The van der Waals surface area contributed by atoms with Crippen molar-refractivity contribution in [1.82, 2.24) is 10.2 Å². The second-order valence-corrected chi connectivity index (χ2v) is 8.09. The summed E-state index contributed by atoms with van der Waals surface area (Å²) in [5.41, 5.74) is 8.86. The summed E-state index contributed by atoms with van der Waals surface area (Å²) in [4.78, 5) is 15.0. The molecule has 3 N–H and O–H groups in total. The van der Waals surface area contributed by atoms with Gasteiger partial charge in [-0.2, -0.15) is 0 Å². The first-order valence-corrected chi connectivity index (χ1v) is 9.31. The fourth-order valence-electron chi connectivity index (χ4n) is 4.04. The summed E-state index contributed by atoms with van der Waals surface area (Å²) in [6.45, 7) is 7.17. The molecule has 132 valence electrons. The highest BCUT2D eigenvalue weighted by Crippen LogP contribution is 2.26. The van der Waals surface area contributed by atoms with Gasteiger partial charge in [0, 0.05) is 37.1 Å². The van der Waals surface area contributed by atoms with Gasteiger partial charge < -0.3 is 11.1 Å². The average molecular weight is 329 g/mol. The van der Waals surface area contributed by atoms with Crippen molar-refractivity contribution in [2.24, 2.45) is 11.7 Å². The molecule has 4 heteroatoms. The van der Waals surface area contributed by atoms with E-state index in [1.54, 1.807) is 0 Å². The van der Waals surface area contributed by atoms with Crippen molar-refractivity contribution in [3.05, 3.63) is 35.4 Å². The number of fused-ring (bicyclic) bond motifs is 1. The molecule has 3 rings (SSSR count). The summed E-state index contributed by atoms with van der Waals surface area (Å²) in [6, 6.07) is 8.88. The van der Waals surface area contributed by atoms with E-state index in [0.29, 0.717) is 6.54 Å². The predicted octanol–water partition coefficient (Wildman–Crippen LogP) is 2.46. The minimum atomic E-state index is -0.0417. The van der Waals surface area contributed by atoms with Crippen LogP contribution in [0, 0.1) is 5.92 Å². The first kappa shape index (κ1) is 17.4. The Bertz CT molecular complexity index is 584. The van der Waals surface area contributed by atoms with Crippen molar-refractivity contribution in [1.29, 1.82) is 0 Å². The number of rotatable bonds is 4. The maximum atomic E-state index is 12.5. The summed E-state index contributed by atoms with van der Waals surface area (Å²) in [5, 5.41) is 3.20. The quantitative estimate of drug-likeness (QED) is 0.892. The van der Waals surface area contributed by atoms with Crippen molar-refractivity contribution >= 4 is 5.91 Å². The normalized spacial score (nSPS) is 25.1. The van der Waals surface area contributed by atoms with E-state index in [4.69, 9.17) is 5.73 Å². The lowest BCUT2D eigenvalue weighted by molar-refractivity contribution is -0.126. The van der Waals surface area contributed by atoms with Gasteiger partial charge in [0.15, 0.2) is 0 Å². The molecule has 0 aromatic heterocycles. The standard InChI is InChI=1S/C20H31N3O/c1-20(2,14-22-19(24)16-8-5-9-18(21)12-16)23-11-10-15-6-3-4-7-17(15)13-23/h3-4,6-7,16,18H,5,8-14,21H2,1-2H3,(H,22,24). The van der Waals surface area contributed by atoms with Crippen molar-refractivity contribution in [3.8, 4) is 0 Å². The van der Waals surface area contributed by atoms with Gasteiger partial charge in [-0.1, -0.05) is 30.7 Å². The van der Waals surface area contributed by atoms with Gasteiger partial charge in [0.1, 0.15) is 0 Å². The zero-order valence-corrected chi connectivity index (χ0v) is 15.1. The maximum Gasteiger partial charge on any atom is 0.223 e. The number of carbonyl (C=O) groups excluding carboxylic acids is 1. The molecule has 0 spiro atoms. The molecule has 1 amide bonds. The number of hydrogen-bond acceptors (Lipinski definition) is 3. The van der Waals surface area contributed by atoms with Crippen LogP contribution < -0.4 is 11.1 Å². The molecule has 1 saturated carbocycles. The molecule has 0 bridgehead atoms. The number of nitrogens with two attached hydrogens (primary N) is 1. The van der Waals surface area contributed by atoms with Gasteiger partial charge in [-0.25, -0.2) is 0 Å². The molecule has 0 radical (unpaired) electrons. The number of benzene rings is 1. The van der Waals surface area contributed by atoms with Gasteiger partial charge >= 0.3 is 0 Å². The summed E-state index contributed by atoms with van der Waals surface area (Å²) in [7, 11) is 0. The Balaban J connectivity index is 1.55. The molecule has 24 heavy (non-hydrogen) atoms. The molecule has 1 aliphatic heterocycles. The molecule has 1 aromatic carbocycles. The molecule has 1 aromatic rings. The molecule has 1 fully saturated rings. The van der Waals surface area contributed by atoms with Crippen LogP contribution in [0.1, 0.15) is 50.7 Å².